The summed E-state index contributed by atoms with van der Waals surface area (Å²) in [7, 11) is 3.22. The van der Waals surface area contributed by atoms with Crippen LogP contribution in [0.2, 0.25) is 0 Å². The highest BCUT2D eigenvalue weighted by molar-refractivity contribution is 7.94. The van der Waals surface area contributed by atoms with Gasteiger partial charge in [-0.1, -0.05) is 103 Å². The number of ether oxygens (including phenoxy) is 2. The summed E-state index contributed by atoms with van der Waals surface area (Å²) in [6.45, 7) is -2.10. The highest BCUT2D eigenvalue weighted by Crippen LogP contribution is 2.44. The number of aliphatic hydroxyl groups excluding tert-OH is 1. The van der Waals surface area contributed by atoms with Gasteiger partial charge in [0.2, 0.25) is 0 Å². The maximum absolute atomic E-state index is 11.2. The molecule has 0 amide bonds. The largest absolute Gasteiger partial charge is 0.493 e. The minimum atomic E-state index is -2.10. The van der Waals surface area contributed by atoms with Gasteiger partial charge in [-0.05, 0) is 46.9 Å². The third-order valence-corrected chi connectivity index (χ3v) is 9.98. The number of methoxy groups -OCH3 is 2. The van der Waals surface area contributed by atoms with Crippen molar-refractivity contribution in [2.75, 3.05) is 14.2 Å². The summed E-state index contributed by atoms with van der Waals surface area (Å²) < 4.78 is 10.8. The topological polar surface area (TPSA) is 38.7 Å². The normalized spacial score (nSPS) is 12.1. The van der Waals surface area contributed by atoms with Gasteiger partial charge < -0.3 is 14.6 Å². The fraction of sp³-hybridized carbons (Fsp3) is 0.138. The van der Waals surface area contributed by atoms with E-state index >= 15 is 0 Å². The van der Waals surface area contributed by atoms with E-state index in [0.717, 1.165) is 5.56 Å². The van der Waals surface area contributed by atoms with E-state index in [4.69, 9.17) is 9.47 Å². The van der Waals surface area contributed by atoms with Crippen LogP contribution >= 0.6 is 6.89 Å². The van der Waals surface area contributed by atoms with E-state index in [1.54, 1.807) is 14.2 Å². The Hall–Kier alpha value is -3.26. The standard InChI is InChI=1S/C29H29O3P/c1-31-28-19-18-23(22-29(28)32-2)27(30)20-21-33(24-12-6-3-7-13-24,25-14-8-4-9-15-25)26-16-10-5-11-17-26/h3-19,21-22,27,30H,20H2,1-2H3. The summed E-state index contributed by atoms with van der Waals surface area (Å²) in [5.41, 5.74) is 0.802. The Kier molecular flexibility index (Phi) is 7.34. The first-order valence-corrected chi connectivity index (χ1v) is 12.8. The predicted octanol–water partition coefficient (Wildman–Crippen LogP) is 4.92. The minimum absolute atomic E-state index is 0.502. The van der Waals surface area contributed by atoms with Gasteiger partial charge in [0.25, 0.3) is 0 Å². The molecule has 33 heavy (non-hydrogen) atoms. The second-order valence-corrected chi connectivity index (χ2v) is 11.1. The van der Waals surface area contributed by atoms with Crippen molar-refractivity contribution in [1.29, 1.82) is 0 Å². The molecule has 0 saturated heterocycles. The maximum Gasteiger partial charge on any atom is 0.161 e. The highest BCUT2D eigenvalue weighted by Gasteiger charge is 2.25. The number of aliphatic hydroxyl groups is 1. The van der Waals surface area contributed by atoms with Crippen molar-refractivity contribution in [2.24, 2.45) is 0 Å². The smallest absolute Gasteiger partial charge is 0.161 e. The molecule has 0 aliphatic rings. The van der Waals surface area contributed by atoms with Crippen LogP contribution in [0, 0.1) is 0 Å². The number of benzene rings is 4. The number of hydrogen-bond donors (Lipinski definition) is 1. The van der Waals surface area contributed by atoms with Gasteiger partial charge in [0.1, 0.15) is 0 Å². The molecule has 4 heteroatoms. The summed E-state index contributed by atoms with van der Waals surface area (Å²) >= 11 is 0. The van der Waals surface area contributed by atoms with Crippen molar-refractivity contribution < 1.29 is 14.6 Å². The lowest BCUT2D eigenvalue weighted by Crippen LogP contribution is -2.27. The van der Waals surface area contributed by atoms with Crippen molar-refractivity contribution in [1.82, 2.24) is 0 Å². The average molecular weight is 457 g/mol. The lowest BCUT2D eigenvalue weighted by molar-refractivity contribution is 0.187. The Labute approximate surface area is 196 Å². The molecule has 4 rings (SSSR count). The number of hydrogen-bond acceptors (Lipinski definition) is 3. The summed E-state index contributed by atoms with van der Waals surface area (Å²) in [6, 6.07) is 37.5. The molecule has 0 heterocycles. The van der Waals surface area contributed by atoms with E-state index in [1.807, 2.05) is 36.4 Å². The lowest BCUT2D eigenvalue weighted by Gasteiger charge is -2.29. The van der Waals surface area contributed by atoms with Crippen LogP contribution in [0.5, 0.6) is 11.5 Å². The van der Waals surface area contributed by atoms with Crippen molar-refractivity contribution in [3.05, 3.63) is 115 Å². The molecule has 0 fully saturated rings. The minimum Gasteiger partial charge on any atom is -0.493 e. The van der Waals surface area contributed by atoms with Crippen LogP contribution in [0.4, 0.5) is 0 Å². The molecule has 0 aromatic heterocycles. The summed E-state index contributed by atoms with van der Waals surface area (Å²) in [6.07, 6.45) is -0.164. The third-order valence-electron chi connectivity index (χ3n) is 5.89. The molecule has 0 bridgehead atoms. The number of rotatable bonds is 8. The first-order chi connectivity index (χ1) is 16.2. The van der Waals surface area contributed by atoms with E-state index in [0.29, 0.717) is 17.9 Å². The van der Waals surface area contributed by atoms with Crippen LogP contribution < -0.4 is 25.4 Å². The molecule has 1 unspecified atom stereocenters. The summed E-state index contributed by atoms with van der Waals surface area (Å²) in [5, 5.41) is 15.0. The van der Waals surface area contributed by atoms with Gasteiger partial charge in [-0.2, -0.15) is 0 Å². The van der Waals surface area contributed by atoms with Crippen molar-refractivity contribution in [3.8, 4) is 11.5 Å². The molecular weight excluding hydrogens is 427 g/mol. The Morgan fingerprint density at radius 1 is 0.667 bits per heavy atom. The highest BCUT2D eigenvalue weighted by atomic mass is 31.2. The van der Waals surface area contributed by atoms with Gasteiger partial charge in [0.05, 0.1) is 20.3 Å². The molecular formula is C29H29O3P. The lowest BCUT2D eigenvalue weighted by atomic mass is 10.1. The van der Waals surface area contributed by atoms with Gasteiger partial charge in [0, 0.05) is 0 Å². The van der Waals surface area contributed by atoms with Gasteiger partial charge in [-0.15, -0.1) is 0 Å². The zero-order valence-corrected chi connectivity index (χ0v) is 19.9. The van der Waals surface area contributed by atoms with Gasteiger partial charge >= 0.3 is 0 Å². The van der Waals surface area contributed by atoms with Gasteiger partial charge in [-0.3, -0.25) is 0 Å². The molecule has 0 saturated carbocycles. The van der Waals surface area contributed by atoms with Gasteiger partial charge in [-0.25, -0.2) is 0 Å². The molecule has 168 valence electrons. The second kappa shape index (κ2) is 10.6. The fourth-order valence-electron chi connectivity index (χ4n) is 4.21. The van der Waals surface area contributed by atoms with Crippen molar-refractivity contribution in [2.45, 2.75) is 12.5 Å². The monoisotopic (exact) mass is 456 g/mol. The van der Waals surface area contributed by atoms with Crippen LogP contribution in [-0.2, 0) is 0 Å². The van der Waals surface area contributed by atoms with Crippen molar-refractivity contribution >= 4 is 28.6 Å². The summed E-state index contributed by atoms with van der Waals surface area (Å²) in [4.78, 5) is 0. The van der Waals surface area contributed by atoms with E-state index in [2.05, 4.69) is 78.6 Å². The van der Waals surface area contributed by atoms with E-state index in [-0.39, 0.29) is 0 Å². The first-order valence-electron chi connectivity index (χ1n) is 11.0. The quantitative estimate of drug-likeness (QED) is 0.383. The zero-order valence-electron chi connectivity index (χ0n) is 19.0. The second-order valence-electron chi connectivity index (χ2n) is 7.78. The molecule has 3 nitrogen and oxygen atoms in total. The molecule has 4 aromatic rings. The van der Waals surface area contributed by atoms with Crippen molar-refractivity contribution in [3.63, 3.8) is 0 Å². The maximum atomic E-state index is 11.2. The van der Waals surface area contributed by atoms with E-state index < -0.39 is 13.0 Å². The van der Waals surface area contributed by atoms with Gasteiger partial charge in [0.15, 0.2) is 11.5 Å². The van der Waals surface area contributed by atoms with Crippen LogP contribution in [0.3, 0.4) is 0 Å². The molecule has 0 spiro atoms. The Bertz CT molecular complexity index is 1120. The fourth-order valence-corrected chi connectivity index (χ4v) is 8.18. The zero-order chi connectivity index (χ0) is 23.1. The molecule has 1 N–H and O–H groups in total. The molecule has 0 aliphatic carbocycles. The van der Waals surface area contributed by atoms with E-state index in [9.17, 15) is 5.11 Å². The SMILES string of the molecule is COc1ccc(C(O)CC=P(c2ccccc2)(c2ccccc2)c2ccccc2)cc1OC. The Morgan fingerprint density at radius 2 is 1.12 bits per heavy atom. The Morgan fingerprint density at radius 3 is 1.55 bits per heavy atom. The van der Waals surface area contributed by atoms with Crippen LogP contribution in [0.15, 0.2) is 109 Å². The predicted molar refractivity (Wildman–Crippen MR) is 140 cm³/mol. The first kappa shape index (κ1) is 22.9. The average Bonchev–Trinajstić information content (AvgIpc) is 2.90. The molecule has 4 aromatic carbocycles. The molecule has 1 atom stereocenters. The third kappa shape index (κ3) is 4.75. The van der Waals surface area contributed by atoms with Crippen LogP contribution in [0.1, 0.15) is 18.1 Å². The summed E-state index contributed by atoms with van der Waals surface area (Å²) in [5.74, 6) is 3.61. The van der Waals surface area contributed by atoms with E-state index in [1.165, 1.54) is 15.9 Å². The molecule has 0 radical (unpaired) electrons. The molecule has 0 aliphatic heterocycles. The Balaban J connectivity index is 1.86. The van der Waals surface area contributed by atoms with Crippen LogP contribution in [-0.4, -0.2) is 25.1 Å². The van der Waals surface area contributed by atoms with Crippen LogP contribution in [0.25, 0.3) is 0 Å².